The highest BCUT2D eigenvalue weighted by atomic mass is 32.2. The summed E-state index contributed by atoms with van der Waals surface area (Å²) in [7, 11) is 0. The van der Waals surface area contributed by atoms with Crippen LogP contribution in [0.4, 0.5) is 0 Å². The summed E-state index contributed by atoms with van der Waals surface area (Å²) < 4.78 is 6.61. The molecule has 0 fully saturated rings. The summed E-state index contributed by atoms with van der Waals surface area (Å²) in [6, 6.07) is 23.4. The molecule has 0 bridgehead atoms. The number of nitrogens with zero attached hydrogens (tertiary/aromatic N) is 3. The Hall–Kier alpha value is -3.36. The van der Waals surface area contributed by atoms with E-state index in [-0.39, 0.29) is 11.4 Å². The number of nitrogens with one attached hydrogen (secondary N) is 1. The summed E-state index contributed by atoms with van der Waals surface area (Å²) in [6.07, 6.45) is 1.55. The summed E-state index contributed by atoms with van der Waals surface area (Å²) in [6.45, 7) is 0. The normalized spacial score (nSPS) is 17.0. The zero-order valence-electron chi connectivity index (χ0n) is 16.2. The van der Waals surface area contributed by atoms with Crippen molar-refractivity contribution in [1.82, 2.24) is 5.01 Å². The second-order valence-electron chi connectivity index (χ2n) is 6.73. The molecule has 0 unspecified atom stereocenters. The fraction of sp³-hybridized carbons (Fsp3) is 0.0435. The van der Waals surface area contributed by atoms with E-state index < -0.39 is 5.91 Å². The van der Waals surface area contributed by atoms with Gasteiger partial charge in [0.25, 0.3) is 5.91 Å². The highest BCUT2D eigenvalue weighted by Gasteiger charge is 2.36. The number of amidine groups is 2. The first-order chi connectivity index (χ1) is 15.2. The van der Waals surface area contributed by atoms with E-state index in [1.807, 2.05) is 54.6 Å². The van der Waals surface area contributed by atoms with Crippen LogP contribution in [0.25, 0.3) is 17.4 Å². The lowest BCUT2D eigenvalue weighted by molar-refractivity contribution is -0.114. The lowest BCUT2D eigenvalue weighted by Crippen LogP contribution is -2.35. The summed E-state index contributed by atoms with van der Waals surface area (Å²) >= 11 is 2.86. The molecule has 0 aliphatic carbocycles. The van der Waals surface area contributed by atoms with E-state index in [0.29, 0.717) is 16.7 Å². The smallest absolute Gasteiger partial charge is 0.283 e. The van der Waals surface area contributed by atoms with E-state index in [9.17, 15) is 4.79 Å². The first-order valence-corrected chi connectivity index (χ1v) is 11.3. The fourth-order valence-corrected chi connectivity index (χ4v) is 4.97. The number of hydrogen-bond donors (Lipinski definition) is 1. The minimum atomic E-state index is -0.467. The fourth-order valence-electron chi connectivity index (χ4n) is 3.08. The van der Waals surface area contributed by atoms with Crippen LogP contribution in [0.2, 0.25) is 0 Å². The van der Waals surface area contributed by atoms with Gasteiger partial charge in [0, 0.05) is 11.3 Å². The molecule has 31 heavy (non-hydrogen) atoms. The van der Waals surface area contributed by atoms with Crippen LogP contribution in [0.1, 0.15) is 11.3 Å². The van der Waals surface area contributed by atoms with Crippen molar-refractivity contribution >= 4 is 50.9 Å². The van der Waals surface area contributed by atoms with Crippen molar-refractivity contribution in [2.24, 2.45) is 10.1 Å². The molecule has 2 aliphatic rings. The van der Waals surface area contributed by atoms with Gasteiger partial charge in [-0.15, -0.1) is 5.10 Å². The number of rotatable bonds is 4. The van der Waals surface area contributed by atoms with Crippen LogP contribution in [0.15, 0.2) is 92.9 Å². The highest BCUT2D eigenvalue weighted by Crippen LogP contribution is 2.34. The molecule has 152 valence electrons. The van der Waals surface area contributed by atoms with Gasteiger partial charge in [0.1, 0.15) is 11.5 Å². The van der Waals surface area contributed by atoms with Crippen molar-refractivity contribution in [3.05, 3.63) is 89.7 Å². The number of carbonyl (C=O) groups excluding carboxylic acids is 1. The van der Waals surface area contributed by atoms with Gasteiger partial charge in [-0.2, -0.15) is 10.0 Å². The molecule has 0 radical (unpaired) electrons. The standard InChI is InChI=1S/C23H16N4O2S2/c24-20-18(13-17-11-12-19(29-17)16-9-5-2-6-10-16)21(28)25-22-27(20)26-23(31-22)30-14-15-7-3-1-4-8-15/h1-13,24H,14H2/b18-13+,24-20?. The Morgan fingerprint density at radius 3 is 2.55 bits per heavy atom. The first kappa shape index (κ1) is 19.6. The number of furan rings is 1. The molecule has 3 heterocycles. The predicted molar refractivity (Wildman–Crippen MR) is 127 cm³/mol. The van der Waals surface area contributed by atoms with Crippen molar-refractivity contribution < 1.29 is 9.21 Å². The number of benzene rings is 2. The van der Waals surface area contributed by atoms with Crippen LogP contribution < -0.4 is 0 Å². The number of thioether (sulfide) groups is 2. The Morgan fingerprint density at radius 1 is 1.03 bits per heavy atom. The van der Waals surface area contributed by atoms with Crippen LogP contribution >= 0.6 is 23.5 Å². The van der Waals surface area contributed by atoms with Gasteiger partial charge in [0.05, 0.1) is 5.57 Å². The lowest BCUT2D eigenvalue weighted by Gasteiger charge is -2.19. The third-order valence-corrected chi connectivity index (χ3v) is 6.73. The molecule has 3 aromatic rings. The second-order valence-corrected chi connectivity index (χ2v) is 8.91. The van der Waals surface area contributed by atoms with Gasteiger partial charge in [-0.05, 0) is 35.5 Å². The maximum atomic E-state index is 12.6. The van der Waals surface area contributed by atoms with E-state index in [2.05, 4.69) is 22.2 Å². The molecule has 6 nitrogen and oxygen atoms in total. The Labute approximate surface area is 187 Å². The summed E-state index contributed by atoms with van der Waals surface area (Å²) in [5, 5.41) is 14.8. The molecule has 1 N–H and O–H groups in total. The summed E-state index contributed by atoms with van der Waals surface area (Å²) in [5.74, 6) is 1.47. The van der Waals surface area contributed by atoms with Crippen LogP contribution in [-0.2, 0) is 10.5 Å². The van der Waals surface area contributed by atoms with Crippen molar-refractivity contribution in [3.8, 4) is 11.3 Å². The zero-order valence-corrected chi connectivity index (χ0v) is 17.8. The van der Waals surface area contributed by atoms with Gasteiger partial charge >= 0.3 is 0 Å². The van der Waals surface area contributed by atoms with Crippen molar-refractivity contribution in [1.29, 1.82) is 5.41 Å². The monoisotopic (exact) mass is 444 g/mol. The van der Waals surface area contributed by atoms with Crippen molar-refractivity contribution in [2.75, 3.05) is 0 Å². The molecule has 5 rings (SSSR count). The molecule has 0 saturated heterocycles. The largest absolute Gasteiger partial charge is 0.457 e. The highest BCUT2D eigenvalue weighted by molar-refractivity contribution is 8.45. The van der Waals surface area contributed by atoms with Crippen LogP contribution in [0.3, 0.4) is 0 Å². The molecule has 0 atom stereocenters. The number of aliphatic imine (C=N–C) groups is 1. The van der Waals surface area contributed by atoms with E-state index in [4.69, 9.17) is 9.83 Å². The average Bonchev–Trinajstić information content (AvgIpc) is 3.44. The zero-order chi connectivity index (χ0) is 21.2. The summed E-state index contributed by atoms with van der Waals surface area (Å²) in [5.41, 5.74) is 2.27. The van der Waals surface area contributed by atoms with Crippen LogP contribution in [0.5, 0.6) is 0 Å². The molecule has 8 heteroatoms. The third-order valence-electron chi connectivity index (χ3n) is 4.61. The molecule has 2 aromatic carbocycles. The van der Waals surface area contributed by atoms with Crippen LogP contribution in [-0.4, -0.2) is 26.3 Å². The van der Waals surface area contributed by atoms with Gasteiger partial charge in [0.2, 0.25) is 5.17 Å². The number of carbonyl (C=O) groups is 1. The topological polar surface area (TPSA) is 82.0 Å². The first-order valence-electron chi connectivity index (χ1n) is 9.49. The third kappa shape index (κ3) is 4.12. The maximum Gasteiger partial charge on any atom is 0.283 e. The number of amides is 1. The molecule has 1 aromatic heterocycles. The molecule has 2 aliphatic heterocycles. The van der Waals surface area contributed by atoms with Gasteiger partial charge < -0.3 is 4.42 Å². The minimum Gasteiger partial charge on any atom is -0.457 e. The average molecular weight is 445 g/mol. The van der Waals surface area contributed by atoms with Crippen molar-refractivity contribution in [2.45, 2.75) is 5.75 Å². The number of hydrogen-bond acceptors (Lipinski definition) is 6. The maximum absolute atomic E-state index is 12.6. The Bertz CT molecular complexity index is 1250. The van der Waals surface area contributed by atoms with Gasteiger partial charge in [-0.3, -0.25) is 10.2 Å². The summed E-state index contributed by atoms with van der Waals surface area (Å²) in [4.78, 5) is 16.7. The quantitative estimate of drug-likeness (QED) is 0.541. The van der Waals surface area contributed by atoms with Crippen molar-refractivity contribution in [3.63, 3.8) is 0 Å². The Balaban J connectivity index is 1.35. The molecular formula is C23H16N4O2S2. The minimum absolute atomic E-state index is 0.00419. The second kappa shape index (κ2) is 8.41. The van der Waals surface area contributed by atoms with Crippen LogP contribution in [0, 0.1) is 5.41 Å². The lowest BCUT2D eigenvalue weighted by atomic mass is 10.1. The molecular weight excluding hydrogens is 428 g/mol. The van der Waals surface area contributed by atoms with E-state index in [1.54, 1.807) is 23.9 Å². The van der Waals surface area contributed by atoms with E-state index in [1.165, 1.54) is 22.3 Å². The predicted octanol–water partition coefficient (Wildman–Crippen LogP) is 5.46. The van der Waals surface area contributed by atoms with Gasteiger partial charge in [-0.1, -0.05) is 72.4 Å². The molecule has 0 spiro atoms. The number of hydrazone groups is 1. The van der Waals surface area contributed by atoms with E-state index >= 15 is 0 Å². The van der Waals surface area contributed by atoms with E-state index in [0.717, 1.165) is 15.7 Å². The van der Waals surface area contributed by atoms with Gasteiger partial charge in [-0.25, -0.2) is 0 Å². The molecule has 1 amide bonds. The Kier molecular flexibility index (Phi) is 5.31. The van der Waals surface area contributed by atoms with Gasteiger partial charge in [0.15, 0.2) is 10.2 Å². The SMILES string of the molecule is N=C1/C(=C\c2ccc(-c3ccccc3)o2)C(=O)N=C2SC(SCc3ccccc3)=NN12. The molecule has 0 saturated carbocycles. The number of fused-ring (bicyclic) bond motifs is 1. The Morgan fingerprint density at radius 2 is 1.77 bits per heavy atom.